The smallest absolute Gasteiger partial charge is 0.352 e. The minimum absolute atomic E-state index is 0.00973. The highest BCUT2D eigenvalue weighted by molar-refractivity contribution is 6.30. The van der Waals surface area contributed by atoms with Crippen molar-refractivity contribution in [1.29, 1.82) is 0 Å². The van der Waals surface area contributed by atoms with Crippen LogP contribution in [0.25, 0.3) is 6.08 Å². The van der Waals surface area contributed by atoms with Gasteiger partial charge in [0.15, 0.2) is 0 Å². The summed E-state index contributed by atoms with van der Waals surface area (Å²) in [6.07, 6.45) is 1.16. The summed E-state index contributed by atoms with van der Waals surface area (Å²) in [4.78, 5) is 35.1. The summed E-state index contributed by atoms with van der Waals surface area (Å²) in [7, 11) is 0. The van der Waals surface area contributed by atoms with E-state index in [1.165, 1.54) is 31.2 Å². The number of carboxylic acid groups (broad SMARTS) is 1. The highest BCUT2D eigenvalue weighted by Crippen LogP contribution is 2.19. The maximum absolute atomic E-state index is 12.2. The van der Waals surface area contributed by atoms with Crippen molar-refractivity contribution in [2.24, 2.45) is 0 Å². The number of carboxylic acids is 1. The lowest BCUT2D eigenvalue weighted by atomic mass is 10.1. The van der Waals surface area contributed by atoms with Gasteiger partial charge in [0, 0.05) is 23.1 Å². The summed E-state index contributed by atoms with van der Waals surface area (Å²) in [6.45, 7) is 2.85. The number of benzene rings is 1. The summed E-state index contributed by atoms with van der Waals surface area (Å²) >= 11 is 5.75. The lowest BCUT2D eigenvalue weighted by Gasteiger charge is -2.06. The normalized spacial score (nSPS) is 11.2. The lowest BCUT2D eigenvalue weighted by molar-refractivity contribution is -0.132. The number of nitrogen functional groups attached to an aromatic ring is 1. The molecule has 25 heavy (non-hydrogen) atoms. The number of nitrogens with zero attached hydrogens (tertiary/aromatic N) is 2. The fourth-order valence-corrected chi connectivity index (χ4v) is 2.19. The Hall–Kier alpha value is -3.13. The van der Waals surface area contributed by atoms with Crippen molar-refractivity contribution in [1.82, 2.24) is 15.1 Å². The fraction of sp³-hybridized carbons (Fsp3) is 0.125. The molecule has 0 saturated heterocycles. The van der Waals surface area contributed by atoms with E-state index in [1.54, 1.807) is 6.92 Å². The van der Waals surface area contributed by atoms with E-state index in [4.69, 9.17) is 17.3 Å². The number of carbonyl (C=O) groups excluding carboxylic acids is 2. The first-order valence-electron chi connectivity index (χ1n) is 7.08. The number of aryl methyl sites for hydroxylation is 1. The Morgan fingerprint density at radius 1 is 1.28 bits per heavy atom. The monoisotopic (exact) mass is 362 g/mol. The van der Waals surface area contributed by atoms with Gasteiger partial charge in [-0.1, -0.05) is 11.6 Å². The molecular formula is C16H15ClN4O4. The second-order valence-corrected chi connectivity index (χ2v) is 5.58. The third-order valence-corrected chi connectivity index (χ3v) is 3.57. The molecule has 1 amide bonds. The number of aliphatic carboxylic acids is 1. The highest BCUT2D eigenvalue weighted by Gasteiger charge is 2.18. The predicted octanol–water partition coefficient (Wildman–Crippen LogP) is 1.94. The number of anilines is 1. The van der Waals surface area contributed by atoms with E-state index < -0.39 is 23.5 Å². The molecule has 0 atom stereocenters. The Morgan fingerprint density at radius 2 is 1.88 bits per heavy atom. The van der Waals surface area contributed by atoms with E-state index in [-0.39, 0.29) is 16.9 Å². The first-order valence-corrected chi connectivity index (χ1v) is 7.46. The summed E-state index contributed by atoms with van der Waals surface area (Å²) < 4.78 is 0.960. The van der Waals surface area contributed by atoms with Crippen molar-refractivity contribution < 1.29 is 19.5 Å². The third kappa shape index (κ3) is 4.04. The predicted molar refractivity (Wildman–Crippen MR) is 92.2 cm³/mol. The van der Waals surface area contributed by atoms with Crippen LogP contribution < -0.4 is 11.1 Å². The number of halogens is 1. The lowest BCUT2D eigenvalue weighted by Crippen LogP contribution is -2.27. The number of carbonyl (C=O) groups is 3. The van der Waals surface area contributed by atoms with Crippen LogP contribution >= 0.6 is 11.6 Å². The second kappa shape index (κ2) is 7.18. The Labute approximate surface area is 147 Å². The standard InChI is InChI=1S/C16H15ClN4O4/c1-8-12(14(18)21(20-8)9(2)22)7-13(16(24)25)19-15(23)10-3-5-11(17)6-4-10/h3-7H,18H2,1-2H3,(H,19,23)(H,24,25)/b13-7+. The minimum Gasteiger partial charge on any atom is -0.477 e. The summed E-state index contributed by atoms with van der Waals surface area (Å²) in [5.41, 5.74) is 6.25. The molecule has 0 aliphatic carbocycles. The molecule has 0 radical (unpaired) electrons. The number of nitrogens with one attached hydrogen (secondary N) is 1. The molecule has 9 heteroatoms. The van der Waals surface area contributed by atoms with E-state index >= 15 is 0 Å². The first-order chi connectivity index (χ1) is 11.7. The van der Waals surface area contributed by atoms with Gasteiger partial charge in [0.1, 0.15) is 11.5 Å². The maximum atomic E-state index is 12.2. The largest absolute Gasteiger partial charge is 0.477 e. The number of amides is 1. The van der Waals surface area contributed by atoms with Crippen molar-refractivity contribution in [2.45, 2.75) is 13.8 Å². The molecule has 0 aliphatic rings. The van der Waals surface area contributed by atoms with Crippen LogP contribution in [0.2, 0.25) is 5.02 Å². The van der Waals surface area contributed by atoms with Crippen LogP contribution in [0.5, 0.6) is 0 Å². The van der Waals surface area contributed by atoms with E-state index in [9.17, 15) is 19.5 Å². The van der Waals surface area contributed by atoms with E-state index in [2.05, 4.69) is 10.4 Å². The minimum atomic E-state index is -1.36. The average molecular weight is 363 g/mol. The van der Waals surface area contributed by atoms with Gasteiger partial charge in [-0.15, -0.1) is 0 Å². The summed E-state index contributed by atoms with van der Waals surface area (Å²) in [5.74, 6) is -2.41. The van der Waals surface area contributed by atoms with Crippen LogP contribution in [-0.4, -0.2) is 32.7 Å². The Bertz CT molecular complexity index is 884. The van der Waals surface area contributed by atoms with Gasteiger partial charge in [-0.05, 0) is 37.3 Å². The van der Waals surface area contributed by atoms with Crippen LogP contribution in [0.15, 0.2) is 30.0 Å². The molecule has 1 aromatic carbocycles. The molecule has 0 bridgehead atoms. The molecule has 4 N–H and O–H groups in total. The van der Waals surface area contributed by atoms with E-state index in [1.807, 2.05) is 0 Å². The maximum Gasteiger partial charge on any atom is 0.352 e. The van der Waals surface area contributed by atoms with Crippen molar-refractivity contribution in [2.75, 3.05) is 5.73 Å². The van der Waals surface area contributed by atoms with E-state index in [0.29, 0.717) is 10.7 Å². The number of hydrogen-bond acceptors (Lipinski definition) is 5. The van der Waals surface area contributed by atoms with Gasteiger partial charge in [0.2, 0.25) is 5.91 Å². The number of nitrogens with two attached hydrogens (primary N) is 1. The zero-order valence-electron chi connectivity index (χ0n) is 13.4. The molecule has 8 nitrogen and oxygen atoms in total. The quantitative estimate of drug-likeness (QED) is 0.713. The molecule has 2 aromatic rings. The van der Waals surface area contributed by atoms with Crippen LogP contribution in [0.3, 0.4) is 0 Å². The molecular weight excluding hydrogens is 348 g/mol. The molecule has 0 unspecified atom stereocenters. The zero-order valence-corrected chi connectivity index (χ0v) is 14.2. The van der Waals surface area contributed by atoms with Crippen molar-refractivity contribution >= 4 is 41.3 Å². The number of hydrogen-bond donors (Lipinski definition) is 3. The zero-order chi connectivity index (χ0) is 18.7. The molecule has 0 fully saturated rings. The van der Waals surface area contributed by atoms with Gasteiger partial charge < -0.3 is 16.2 Å². The topological polar surface area (TPSA) is 127 Å². The Balaban J connectivity index is 2.37. The molecule has 1 heterocycles. The SMILES string of the molecule is CC(=O)n1nc(C)c(/C=C(/NC(=O)c2ccc(Cl)cc2)C(=O)O)c1N. The third-order valence-electron chi connectivity index (χ3n) is 3.32. The van der Waals surface area contributed by atoms with Crippen LogP contribution in [0.1, 0.15) is 33.3 Å². The van der Waals surface area contributed by atoms with Gasteiger partial charge in [0.05, 0.1) is 5.69 Å². The van der Waals surface area contributed by atoms with Gasteiger partial charge in [-0.25, -0.2) is 4.79 Å². The number of aromatic nitrogens is 2. The Morgan fingerprint density at radius 3 is 2.36 bits per heavy atom. The van der Waals surface area contributed by atoms with Crippen LogP contribution in [0, 0.1) is 6.92 Å². The molecule has 0 saturated carbocycles. The Kier molecular flexibility index (Phi) is 5.23. The van der Waals surface area contributed by atoms with Crippen molar-refractivity contribution in [3.8, 4) is 0 Å². The summed E-state index contributed by atoms with van der Waals surface area (Å²) in [5, 5.41) is 16.0. The number of rotatable bonds is 4. The second-order valence-electron chi connectivity index (χ2n) is 5.14. The fourth-order valence-electron chi connectivity index (χ4n) is 2.07. The van der Waals surface area contributed by atoms with Gasteiger partial charge in [-0.2, -0.15) is 9.78 Å². The molecule has 1 aromatic heterocycles. The van der Waals surface area contributed by atoms with Gasteiger partial charge >= 0.3 is 5.97 Å². The first kappa shape index (κ1) is 18.2. The van der Waals surface area contributed by atoms with Crippen molar-refractivity contribution in [3.63, 3.8) is 0 Å². The molecule has 0 aliphatic heterocycles. The molecule has 0 spiro atoms. The van der Waals surface area contributed by atoms with E-state index in [0.717, 1.165) is 10.8 Å². The highest BCUT2D eigenvalue weighted by atomic mass is 35.5. The van der Waals surface area contributed by atoms with Crippen LogP contribution in [0.4, 0.5) is 5.82 Å². The molecule has 130 valence electrons. The summed E-state index contributed by atoms with van der Waals surface area (Å²) in [6, 6.07) is 5.95. The molecule has 2 rings (SSSR count). The van der Waals surface area contributed by atoms with Crippen LogP contribution in [-0.2, 0) is 4.79 Å². The average Bonchev–Trinajstić information content (AvgIpc) is 2.82. The van der Waals surface area contributed by atoms with Crippen molar-refractivity contribution in [3.05, 3.63) is 51.8 Å². The van der Waals surface area contributed by atoms with Gasteiger partial charge in [-0.3, -0.25) is 9.59 Å². The van der Waals surface area contributed by atoms with Gasteiger partial charge in [0.25, 0.3) is 5.91 Å².